The predicted octanol–water partition coefficient (Wildman–Crippen LogP) is 2.83. The van der Waals surface area contributed by atoms with E-state index in [1.807, 2.05) is 45.0 Å². The molecular weight excluding hydrogens is 254 g/mol. The van der Waals surface area contributed by atoms with E-state index in [0.717, 1.165) is 11.4 Å². The van der Waals surface area contributed by atoms with Crippen molar-refractivity contribution >= 4 is 17.5 Å². The van der Waals surface area contributed by atoms with Crippen LogP contribution in [0.25, 0.3) is 0 Å². The first-order valence-corrected chi connectivity index (χ1v) is 6.36. The van der Waals surface area contributed by atoms with Gasteiger partial charge in [-0.2, -0.15) is 10.1 Å². The normalized spacial score (nSPS) is 11.0. The van der Waals surface area contributed by atoms with Gasteiger partial charge in [-0.25, -0.2) is 0 Å². The van der Waals surface area contributed by atoms with Crippen LogP contribution in [-0.4, -0.2) is 27.8 Å². The van der Waals surface area contributed by atoms with Crippen molar-refractivity contribution in [3.8, 4) is 5.75 Å². The Labute approximate surface area is 118 Å². The minimum Gasteiger partial charge on any atom is -0.495 e. The summed E-state index contributed by atoms with van der Waals surface area (Å²) in [4.78, 5) is 4.38. The van der Waals surface area contributed by atoms with Crippen LogP contribution in [0.3, 0.4) is 0 Å². The number of ether oxygens (including phenoxy) is 1. The van der Waals surface area contributed by atoms with E-state index in [-0.39, 0.29) is 5.54 Å². The molecule has 2 N–H and O–H groups in total. The smallest absolute Gasteiger partial charge is 0.245 e. The summed E-state index contributed by atoms with van der Waals surface area (Å²) in [6.45, 7) is 6.12. The van der Waals surface area contributed by atoms with Crippen LogP contribution in [0.15, 0.2) is 30.5 Å². The van der Waals surface area contributed by atoms with Crippen molar-refractivity contribution in [1.82, 2.24) is 15.2 Å². The fourth-order valence-electron chi connectivity index (χ4n) is 1.64. The van der Waals surface area contributed by atoms with Crippen molar-refractivity contribution in [2.24, 2.45) is 0 Å². The summed E-state index contributed by atoms with van der Waals surface area (Å²) >= 11 is 0. The third-order valence-corrected chi connectivity index (χ3v) is 2.42. The van der Waals surface area contributed by atoms with Crippen LogP contribution >= 0.6 is 0 Å². The van der Waals surface area contributed by atoms with Gasteiger partial charge in [0, 0.05) is 5.54 Å². The molecule has 2 aromatic rings. The second-order valence-corrected chi connectivity index (χ2v) is 5.37. The number of hydrogen-bond acceptors (Lipinski definition) is 6. The Balaban J connectivity index is 2.19. The minimum atomic E-state index is -0.120. The quantitative estimate of drug-likeness (QED) is 0.892. The third-order valence-electron chi connectivity index (χ3n) is 2.42. The molecular formula is C14H19N5O. The van der Waals surface area contributed by atoms with Crippen LogP contribution in [0.2, 0.25) is 0 Å². The van der Waals surface area contributed by atoms with E-state index >= 15 is 0 Å². The topological polar surface area (TPSA) is 72.0 Å². The van der Waals surface area contributed by atoms with Gasteiger partial charge in [-0.3, -0.25) is 0 Å². The lowest BCUT2D eigenvalue weighted by molar-refractivity contribution is 0.417. The highest BCUT2D eigenvalue weighted by Gasteiger charge is 2.12. The maximum Gasteiger partial charge on any atom is 0.245 e. The first-order chi connectivity index (χ1) is 9.48. The lowest BCUT2D eigenvalue weighted by Crippen LogP contribution is -2.27. The molecule has 106 valence electrons. The van der Waals surface area contributed by atoms with Gasteiger partial charge in [0.15, 0.2) is 5.82 Å². The van der Waals surface area contributed by atoms with E-state index in [1.165, 1.54) is 0 Å². The molecule has 0 amide bonds. The second-order valence-electron chi connectivity index (χ2n) is 5.37. The molecule has 0 aliphatic carbocycles. The highest BCUT2D eigenvalue weighted by atomic mass is 16.5. The number of nitrogens with zero attached hydrogens (tertiary/aromatic N) is 3. The molecule has 0 bridgehead atoms. The zero-order valence-corrected chi connectivity index (χ0v) is 12.1. The highest BCUT2D eigenvalue weighted by Crippen LogP contribution is 2.26. The molecule has 0 radical (unpaired) electrons. The number of rotatable bonds is 4. The molecule has 0 atom stereocenters. The maximum atomic E-state index is 5.29. The number of nitrogens with one attached hydrogen (secondary N) is 2. The number of anilines is 3. The third kappa shape index (κ3) is 3.81. The zero-order chi connectivity index (χ0) is 14.6. The fraction of sp³-hybridized carbons (Fsp3) is 0.357. The van der Waals surface area contributed by atoms with Crippen molar-refractivity contribution < 1.29 is 4.74 Å². The van der Waals surface area contributed by atoms with Crippen LogP contribution in [0.5, 0.6) is 5.75 Å². The molecule has 0 spiro atoms. The number of benzene rings is 1. The molecule has 20 heavy (non-hydrogen) atoms. The summed E-state index contributed by atoms with van der Waals surface area (Å²) in [7, 11) is 1.63. The van der Waals surface area contributed by atoms with Crippen molar-refractivity contribution in [2.45, 2.75) is 26.3 Å². The Kier molecular flexibility index (Phi) is 4.02. The first kappa shape index (κ1) is 14.0. The lowest BCUT2D eigenvalue weighted by atomic mass is 10.1. The second kappa shape index (κ2) is 5.73. The van der Waals surface area contributed by atoms with E-state index in [0.29, 0.717) is 11.8 Å². The Bertz CT molecular complexity index is 580. The molecule has 6 nitrogen and oxygen atoms in total. The van der Waals surface area contributed by atoms with Gasteiger partial charge in [0.2, 0.25) is 5.95 Å². The first-order valence-electron chi connectivity index (χ1n) is 6.36. The summed E-state index contributed by atoms with van der Waals surface area (Å²) < 4.78 is 5.29. The molecule has 0 aliphatic rings. The van der Waals surface area contributed by atoms with Gasteiger partial charge in [0.05, 0.1) is 19.0 Å². The van der Waals surface area contributed by atoms with Gasteiger partial charge < -0.3 is 15.4 Å². The largest absolute Gasteiger partial charge is 0.495 e. The Hall–Kier alpha value is -2.37. The Morgan fingerprint density at radius 1 is 1.15 bits per heavy atom. The molecule has 1 aromatic heterocycles. The Morgan fingerprint density at radius 3 is 2.60 bits per heavy atom. The van der Waals surface area contributed by atoms with Gasteiger partial charge in [-0.1, -0.05) is 12.1 Å². The van der Waals surface area contributed by atoms with Gasteiger partial charge >= 0.3 is 0 Å². The SMILES string of the molecule is COc1ccccc1Nc1cnnc(NC(C)(C)C)n1. The van der Waals surface area contributed by atoms with E-state index in [1.54, 1.807) is 13.3 Å². The van der Waals surface area contributed by atoms with E-state index in [2.05, 4.69) is 25.8 Å². The molecule has 2 rings (SSSR count). The standard InChI is InChI=1S/C14H19N5O/c1-14(2,3)18-13-17-12(9-15-19-13)16-10-7-5-6-8-11(10)20-4/h5-9H,1-4H3,(H2,16,17,18,19). The van der Waals surface area contributed by atoms with Gasteiger partial charge in [0.1, 0.15) is 5.75 Å². The molecule has 0 saturated heterocycles. The predicted molar refractivity (Wildman–Crippen MR) is 79.5 cm³/mol. The van der Waals surface area contributed by atoms with Crippen LogP contribution in [-0.2, 0) is 0 Å². The zero-order valence-electron chi connectivity index (χ0n) is 12.1. The van der Waals surface area contributed by atoms with Crippen molar-refractivity contribution in [2.75, 3.05) is 17.7 Å². The van der Waals surface area contributed by atoms with Crippen molar-refractivity contribution in [3.05, 3.63) is 30.5 Å². The number of methoxy groups -OCH3 is 1. The van der Waals surface area contributed by atoms with Gasteiger partial charge in [0.25, 0.3) is 0 Å². The summed E-state index contributed by atoms with van der Waals surface area (Å²) in [6.07, 6.45) is 1.57. The number of para-hydroxylation sites is 2. The van der Waals surface area contributed by atoms with Gasteiger partial charge in [-0.05, 0) is 32.9 Å². The number of hydrogen-bond donors (Lipinski definition) is 2. The highest BCUT2D eigenvalue weighted by molar-refractivity contribution is 5.63. The molecule has 6 heteroatoms. The monoisotopic (exact) mass is 273 g/mol. The molecule has 1 heterocycles. The van der Waals surface area contributed by atoms with E-state index in [9.17, 15) is 0 Å². The number of aromatic nitrogens is 3. The minimum absolute atomic E-state index is 0.120. The lowest BCUT2D eigenvalue weighted by Gasteiger charge is -2.20. The van der Waals surface area contributed by atoms with Crippen LogP contribution < -0.4 is 15.4 Å². The molecule has 0 unspecified atom stereocenters. The summed E-state index contributed by atoms with van der Waals surface area (Å²) in [6, 6.07) is 7.63. The summed E-state index contributed by atoms with van der Waals surface area (Å²) in [5, 5.41) is 14.3. The molecule has 0 fully saturated rings. The fourth-order valence-corrected chi connectivity index (χ4v) is 1.64. The summed E-state index contributed by atoms with van der Waals surface area (Å²) in [5.74, 6) is 1.84. The summed E-state index contributed by atoms with van der Waals surface area (Å²) in [5.41, 5.74) is 0.710. The van der Waals surface area contributed by atoms with Crippen LogP contribution in [0.1, 0.15) is 20.8 Å². The van der Waals surface area contributed by atoms with Crippen LogP contribution in [0.4, 0.5) is 17.5 Å². The van der Waals surface area contributed by atoms with Crippen molar-refractivity contribution in [1.29, 1.82) is 0 Å². The van der Waals surface area contributed by atoms with E-state index in [4.69, 9.17) is 4.74 Å². The average molecular weight is 273 g/mol. The molecule has 1 aromatic carbocycles. The van der Waals surface area contributed by atoms with Crippen molar-refractivity contribution in [3.63, 3.8) is 0 Å². The molecule has 0 aliphatic heterocycles. The van der Waals surface area contributed by atoms with Crippen LogP contribution in [0, 0.1) is 0 Å². The molecule has 0 saturated carbocycles. The van der Waals surface area contributed by atoms with E-state index < -0.39 is 0 Å². The maximum absolute atomic E-state index is 5.29. The Morgan fingerprint density at radius 2 is 1.90 bits per heavy atom. The van der Waals surface area contributed by atoms with Gasteiger partial charge in [-0.15, -0.1) is 5.10 Å². The average Bonchev–Trinajstić information content (AvgIpc) is 2.38.